The van der Waals surface area contributed by atoms with Gasteiger partial charge in [-0.15, -0.1) is 11.8 Å². The number of benzene rings is 1. The molecule has 4 heterocycles. The van der Waals surface area contributed by atoms with Gasteiger partial charge in [0.05, 0.1) is 34.5 Å². The van der Waals surface area contributed by atoms with Gasteiger partial charge in [-0.3, -0.25) is 30.9 Å². The van der Waals surface area contributed by atoms with Gasteiger partial charge in [0, 0.05) is 51.5 Å². The number of anilines is 1. The molecule has 11 heteroatoms. The van der Waals surface area contributed by atoms with Crippen molar-refractivity contribution in [2.45, 2.75) is 31.2 Å². The van der Waals surface area contributed by atoms with Gasteiger partial charge in [-0.2, -0.15) is 0 Å². The normalized spacial score (nSPS) is 26.5. The van der Waals surface area contributed by atoms with Gasteiger partial charge in [-0.25, -0.2) is 0 Å². The Kier molecular flexibility index (Phi) is 7.02. The topological polar surface area (TPSA) is 122 Å². The van der Waals surface area contributed by atoms with E-state index in [0.717, 1.165) is 50.7 Å². The van der Waals surface area contributed by atoms with E-state index in [-0.39, 0.29) is 30.2 Å². The fraction of sp³-hybridized carbons (Fsp3) is 0.545. The summed E-state index contributed by atoms with van der Waals surface area (Å²) >= 11 is 1.57. The van der Waals surface area contributed by atoms with E-state index in [1.54, 1.807) is 11.8 Å². The zero-order chi connectivity index (χ0) is 22.6. The highest BCUT2D eigenvalue weighted by atomic mass is 32.2. The molecule has 0 spiro atoms. The van der Waals surface area contributed by atoms with Crippen LogP contribution in [0.15, 0.2) is 29.3 Å². The van der Waals surface area contributed by atoms with Crippen molar-refractivity contribution in [3.05, 3.63) is 40.4 Å². The largest absolute Gasteiger partial charge is 0.384 e. The minimum atomic E-state index is -0.114. The highest BCUT2D eigenvalue weighted by Crippen LogP contribution is 2.26. The van der Waals surface area contributed by atoms with Crippen LogP contribution in [0, 0.1) is 0 Å². The second-order valence-electron chi connectivity index (χ2n) is 8.58. The Morgan fingerprint density at radius 2 is 1.88 bits per heavy atom. The Labute approximate surface area is 198 Å². The quantitative estimate of drug-likeness (QED) is 0.264. The van der Waals surface area contributed by atoms with Gasteiger partial charge in [-0.1, -0.05) is 12.1 Å². The maximum Gasteiger partial charge on any atom is 0.259 e. The molecule has 5 rings (SSSR count). The Morgan fingerprint density at radius 1 is 1.06 bits per heavy atom. The third-order valence-corrected chi connectivity index (χ3v) is 7.47. The van der Waals surface area contributed by atoms with Crippen LogP contribution in [-0.2, 0) is 11.2 Å². The van der Waals surface area contributed by atoms with Gasteiger partial charge in [0.15, 0.2) is 0 Å². The van der Waals surface area contributed by atoms with Crippen LogP contribution in [0.2, 0.25) is 0 Å². The van der Waals surface area contributed by atoms with Crippen LogP contribution >= 0.6 is 11.8 Å². The van der Waals surface area contributed by atoms with Crippen molar-refractivity contribution in [1.29, 1.82) is 0 Å². The summed E-state index contributed by atoms with van der Waals surface area (Å²) in [5.41, 5.74) is 2.79. The van der Waals surface area contributed by atoms with Crippen LogP contribution in [0.1, 0.15) is 22.3 Å². The van der Waals surface area contributed by atoms with Gasteiger partial charge in [0.25, 0.3) is 11.8 Å². The molecule has 10 nitrogen and oxygen atoms in total. The van der Waals surface area contributed by atoms with E-state index in [1.807, 2.05) is 18.3 Å². The van der Waals surface area contributed by atoms with Crippen molar-refractivity contribution in [1.82, 2.24) is 36.8 Å². The number of hydrogen-bond acceptors (Lipinski definition) is 9. The molecule has 2 amide bonds. The molecule has 0 aliphatic carbocycles. The van der Waals surface area contributed by atoms with Crippen molar-refractivity contribution in [3.8, 4) is 0 Å². The summed E-state index contributed by atoms with van der Waals surface area (Å²) < 4.78 is 0. The van der Waals surface area contributed by atoms with Crippen LogP contribution in [-0.4, -0.2) is 80.4 Å². The summed E-state index contributed by atoms with van der Waals surface area (Å²) in [6.07, 6.45) is 4.39. The number of para-hydroxylation sites is 1. The SMILES string of the molecule is O=C(NCCNC(=O)c1cccc2c1NCCC2)C1=CN(C2NCNC3NCNC32)CCS1. The summed E-state index contributed by atoms with van der Waals surface area (Å²) in [6, 6.07) is 6.07. The van der Waals surface area contributed by atoms with Crippen LogP contribution in [0.4, 0.5) is 5.69 Å². The molecule has 0 aromatic heterocycles. The molecular formula is C22H32N8O2S. The molecule has 0 bridgehead atoms. The third kappa shape index (κ3) is 4.97. The van der Waals surface area contributed by atoms with Crippen molar-refractivity contribution in [2.75, 3.05) is 50.6 Å². The lowest BCUT2D eigenvalue weighted by molar-refractivity contribution is -0.116. The van der Waals surface area contributed by atoms with Crippen molar-refractivity contribution in [2.24, 2.45) is 0 Å². The van der Waals surface area contributed by atoms with E-state index in [9.17, 15) is 9.59 Å². The Bertz CT molecular complexity index is 926. The summed E-state index contributed by atoms with van der Waals surface area (Å²) in [5.74, 6) is 0.649. The molecule has 0 radical (unpaired) electrons. The third-order valence-electron chi connectivity index (χ3n) is 6.48. The van der Waals surface area contributed by atoms with Gasteiger partial charge in [0.2, 0.25) is 0 Å². The fourth-order valence-corrected chi connectivity index (χ4v) is 5.77. The maximum atomic E-state index is 12.8. The van der Waals surface area contributed by atoms with Gasteiger partial charge in [0.1, 0.15) is 0 Å². The predicted molar refractivity (Wildman–Crippen MR) is 129 cm³/mol. The van der Waals surface area contributed by atoms with Gasteiger partial charge in [-0.05, 0) is 24.5 Å². The molecule has 0 saturated carbocycles. The number of amides is 2. The number of thioether (sulfide) groups is 1. The number of carbonyl (C=O) groups excluding carboxylic acids is 2. The molecule has 7 N–H and O–H groups in total. The lowest BCUT2D eigenvalue weighted by atomic mass is 9.99. The number of hydrogen-bond donors (Lipinski definition) is 7. The second kappa shape index (κ2) is 10.3. The van der Waals surface area contributed by atoms with Gasteiger partial charge >= 0.3 is 0 Å². The fourth-order valence-electron chi connectivity index (χ4n) is 4.84. The minimum absolute atomic E-state index is 0.0966. The maximum absolute atomic E-state index is 12.8. The van der Waals surface area contributed by atoms with E-state index in [0.29, 0.717) is 23.6 Å². The van der Waals surface area contributed by atoms with Crippen molar-refractivity contribution < 1.29 is 9.59 Å². The van der Waals surface area contributed by atoms with Crippen LogP contribution in [0.3, 0.4) is 0 Å². The second-order valence-corrected chi connectivity index (χ2v) is 9.72. The van der Waals surface area contributed by atoms with E-state index < -0.39 is 0 Å². The monoisotopic (exact) mass is 472 g/mol. The molecular weight excluding hydrogens is 440 g/mol. The Balaban J connectivity index is 1.12. The Hall–Kier alpha value is -2.31. The lowest BCUT2D eigenvalue weighted by Crippen LogP contribution is -2.68. The molecule has 178 valence electrons. The van der Waals surface area contributed by atoms with Crippen LogP contribution < -0.4 is 37.2 Å². The molecule has 4 aliphatic heterocycles. The number of aryl methyl sites for hydroxylation is 1. The van der Waals surface area contributed by atoms with Crippen molar-refractivity contribution in [3.63, 3.8) is 0 Å². The van der Waals surface area contributed by atoms with Crippen LogP contribution in [0.5, 0.6) is 0 Å². The highest BCUT2D eigenvalue weighted by molar-refractivity contribution is 8.04. The van der Waals surface area contributed by atoms with E-state index in [2.05, 4.69) is 48.2 Å². The summed E-state index contributed by atoms with van der Waals surface area (Å²) in [4.78, 5) is 28.3. The highest BCUT2D eigenvalue weighted by Gasteiger charge is 2.39. The van der Waals surface area contributed by atoms with E-state index >= 15 is 0 Å². The first-order chi connectivity index (χ1) is 16.2. The molecule has 1 aromatic carbocycles. The predicted octanol–water partition coefficient (Wildman–Crippen LogP) is -0.898. The first kappa shape index (κ1) is 22.5. The summed E-state index contributed by atoms with van der Waals surface area (Å²) in [7, 11) is 0. The molecule has 3 unspecified atom stereocenters. The standard InChI is InChI=1S/C22H32N8O2S/c31-21(15-5-1-3-14-4-2-6-23-17(14)15)24-7-8-25-22(32)16-11-30(9-10-33-16)20-18-19(27-12-26-18)28-13-29-20/h1,3,5,11,18-20,23,26-29H,2,4,6-10,12-13H2,(H,24,31)(H,25,32). The zero-order valence-electron chi connectivity index (χ0n) is 18.6. The lowest BCUT2D eigenvalue weighted by Gasteiger charge is -2.42. The molecule has 3 atom stereocenters. The number of nitrogens with one attached hydrogen (secondary N) is 7. The van der Waals surface area contributed by atoms with E-state index in [1.165, 1.54) is 5.56 Å². The first-order valence-corrected chi connectivity index (χ1v) is 12.7. The number of nitrogens with zero attached hydrogens (tertiary/aromatic N) is 1. The molecule has 33 heavy (non-hydrogen) atoms. The number of fused-ring (bicyclic) bond motifs is 2. The molecule has 2 saturated heterocycles. The number of carbonyl (C=O) groups is 2. The van der Waals surface area contributed by atoms with Gasteiger partial charge < -0.3 is 20.9 Å². The molecule has 2 fully saturated rings. The molecule has 1 aromatic rings. The van der Waals surface area contributed by atoms with Crippen LogP contribution in [0.25, 0.3) is 0 Å². The summed E-state index contributed by atoms with van der Waals surface area (Å²) in [5, 5.41) is 23.0. The summed E-state index contributed by atoms with van der Waals surface area (Å²) in [6.45, 7) is 4.03. The minimum Gasteiger partial charge on any atom is -0.384 e. The molecule has 4 aliphatic rings. The Morgan fingerprint density at radius 3 is 2.76 bits per heavy atom. The zero-order valence-corrected chi connectivity index (χ0v) is 19.4. The average molecular weight is 473 g/mol. The van der Waals surface area contributed by atoms with Crippen molar-refractivity contribution >= 4 is 29.3 Å². The average Bonchev–Trinajstić information content (AvgIpc) is 3.35. The smallest absolute Gasteiger partial charge is 0.259 e. The number of rotatable bonds is 6. The van der Waals surface area contributed by atoms with E-state index in [4.69, 9.17) is 0 Å². The first-order valence-electron chi connectivity index (χ1n) is 11.7.